The summed E-state index contributed by atoms with van der Waals surface area (Å²) in [5, 5.41) is 11.5. The van der Waals surface area contributed by atoms with Gasteiger partial charge in [0.1, 0.15) is 10.8 Å². The second kappa shape index (κ2) is 9.12. The van der Waals surface area contributed by atoms with Crippen LogP contribution in [0.25, 0.3) is 12.2 Å². The number of hydrogen-bond acceptors (Lipinski definition) is 7. The van der Waals surface area contributed by atoms with Crippen LogP contribution in [0.2, 0.25) is 0 Å². The van der Waals surface area contributed by atoms with Gasteiger partial charge in [-0.1, -0.05) is 18.3 Å². The van der Waals surface area contributed by atoms with Crippen LogP contribution in [0.3, 0.4) is 0 Å². The van der Waals surface area contributed by atoms with Gasteiger partial charge in [0.15, 0.2) is 0 Å². The van der Waals surface area contributed by atoms with Gasteiger partial charge in [-0.05, 0) is 61.9 Å². The molecule has 1 amide bonds. The Morgan fingerprint density at radius 2 is 1.97 bits per heavy atom. The van der Waals surface area contributed by atoms with Crippen LogP contribution < -0.4 is 10.0 Å². The quantitative estimate of drug-likeness (QED) is 0.562. The molecular weight excluding hydrogens is 412 g/mol. The Balaban J connectivity index is 1.64. The molecule has 29 heavy (non-hydrogen) atoms. The lowest BCUT2D eigenvalue weighted by atomic mass is 10.2. The van der Waals surface area contributed by atoms with Gasteiger partial charge in [0.25, 0.3) is 5.91 Å². The van der Waals surface area contributed by atoms with Gasteiger partial charge in [0.05, 0.1) is 11.2 Å². The fourth-order valence-corrected chi connectivity index (χ4v) is 4.23. The van der Waals surface area contributed by atoms with E-state index in [2.05, 4.69) is 20.2 Å². The summed E-state index contributed by atoms with van der Waals surface area (Å²) in [4.78, 5) is 12.5. The van der Waals surface area contributed by atoms with Crippen LogP contribution in [0.5, 0.6) is 0 Å². The van der Waals surface area contributed by atoms with E-state index in [1.54, 1.807) is 31.4 Å². The molecule has 0 aliphatic rings. The van der Waals surface area contributed by atoms with Crippen molar-refractivity contribution in [3.63, 3.8) is 0 Å². The van der Waals surface area contributed by atoms with Crippen molar-refractivity contribution >= 4 is 44.6 Å². The molecule has 0 fully saturated rings. The number of benzene rings is 1. The van der Waals surface area contributed by atoms with Crippen molar-refractivity contribution in [1.82, 2.24) is 14.9 Å². The van der Waals surface area contributed by atoms with Crippen molar-refractivity contribution in [3.05, 3.63) is 59.0 Å². The van der Waals surface area contributed by atoms with E-state index in [1.165, 1.54) is 35.6 Å². The fourth-order valence-electron chi connectivity index (χ4n) is 2.26. The number of amides is 1. The molecule has 0 radical (unpaired) electrons. The van der Waals surface area contributed by atoms with Gasteiger partial charge in [0.2, 0.25) is 15.2 Å². The Labute approximate surface area is 172 Å². The predicted octanol–water partition coefficient (Wildman–Crippen LogP) is 3.63. The zero-order valence-corrected chi connectivity index (χ0v) is 17.5. The van der Waals surface area contributed by atoms with Crippen LogP contribution in [0.15, 0.2) is 52.0 Å². The Morgan fingerprint density at radius 1 is 1.21 bits per heavy atom. The zero-order chi connectivity index (χ0) is 20.9. The van der Waals surface area contributed by atoms with Crippen molar-refractivity contribution < 1.29 is 17.6 Å². The highest BCUT2D eigenvalue weighted by atomic mass is 32.2. The van der Waals surface area contributed by atoms with Crippen molar-refractivity contribution in [1.29, 1.82) is 0 Å². The normalized spacial score (nSPS) is 12.9. The fraction of sp³-hybridized carbons (Fsp3) is 0.211. The molecule has 2 heterocycles. The summed E-state index contributed by atoms with van der Waals surface area (Å²) in [5.41, 5.74) is 0.315. The molecule has 0 saturated carbocycles. The number of aromatic nitrogens is 2. The average Bonchev–Trinajstić information content (AvgIpc) is 3.38. The second-order valence-corrected chi connectivity index (χ2v) is 8.93. The molecule has 0 saturated heterocycles. The lowest BCUT2D eigenvalue weighted by Crippen LogP contribution is -2.32. The molecule has 0 spiro atoms. The van der Waals surface area contributed by atoms with Gasteiger partial charge in [-0.2, -0.15) is 0 Å². The van der Waals surface area contributed by atoms with Crippen LogP contribution in [-0.2, 0) is 10.0 Å². The number of nitrogens with zero attached hydrogens (tertiary/aromatic N) is 2. The van der Waals surface area contributed by atoms with Gasteiger partial charge < -0.3 is 4.42 Å². The van der Waals surface area contributed by atoms with Crippen molar-refractivity contribution in [2.24, 2.45) is 0 Å². The summed E-state index contributed by atoms with van der Waals surface area (Å²) in [7, 11) is -3.61. The molecule has 0 bridgehead atoms. The average molecular weight is 433 g/mol. The largest absolute Gasteiger partial charge is 0.465 e. The Kier molecular flexibility index (Phi) is 6.57. The minimum Gasteiger partial charge on any atom is -0.465 e. The monoisotopic (exact) mass is 432 g/mol. The number of rotatable bonds is 8. The van der Waals surface area contributed by atoms with Gasteiger partial charge in [-0.3, -0.25) is 10.1 Å². The lowest BCUT2D eigenvalue weighted by molar-refractivity contribution is 0.102. The van der Waals surface area contributed by atoms with E-state index in [0.29, 0.717) is 27.9 Å². The molecule has 0 aliphatic carbocycles. The number of hydrogen-bond donors (Lipinski definition) is 2. The van der Waals surface area contributed by atoms with Gasteiger partial charge in [-0.15, -0.1) is 10.2 Å². The van der Waals surface area contributed by atoms with Gasteiger partial charge >= 0.3 is 0 Å². The highest BCUT2D eigenvalue weighted by molar-refractivity contribution is 7.89. The number of nitrogens with one attached hydrogen (secondary N) is 2. The molecule has 2 aromatic heterocycles. The van der Waals surface area contributed by atoms with E-state index < -0.39 is 15.9 Å². The molecule has 8 nitrogen and oxygen atoms in total. The Bertz CT molecular complexity index is 1090. The van der Waals surface area contributed by atoms with Crippen LogP contribution >= 0.6 is 11.3 Å². The summed E-state index contributed by atoms with van der Waals surface area (Å²) in [6.45, 7) is 3.69. The maximum Gasteiger partial charge on any atom is 0.257 e. The van der Waals surface area contributed by atoms with Crippen LogP contribution in [0.1, 0.15) is 41.4 Å². The Morgan fingerprint density at radius 3 is 2.62 bits per heavy atom. The predicted molar refractivity (Wildman–Crippen MR) is 112 cm³/mol. The van der Waals surface area contributed by atoms with E-state index in [9.17, 15) is 13.2 Å². The highest BCUT2D eigenvalue weighted by Crippen LogP contribution is 2.19. The zero-order valence-electron chi connectivity index (χ0n) is 15.8. The highest BCUT2D eigenvalue weighted by Gasteiger charge is 2.17. The van der Waals surface area contributed by atoms with Crippen LogP contribution in [-0.4, -0.2) is 30.6 Å². The third-order valence-corrected chi connectivity index (χ3v) is 6.40. The first kappa shape index (κ1) is 20.9. The summed E-state index contributed by atoms with van der Waals surface area (Å²) in [6.07, 6.45) is 5.73. The van der Waals surface area contributed by atoms with E-state index in [4.69, 9.17) is 4.42 Å². The maximum absolute atomic E-state index is 12.4. The molecule has 1 unspecified atom stereocenters. The first-order chi connectivity index (χ1) is 13.9. The van der Waals surface area contributed by atoms with Crippen LogP contribution in [0, 0.1) is 0 Å². The van der Waals surface area contributed by atoms with Crippen molar-refractivity contribution in [3.8, 4) is 0 Å². The van der Waals surface area contributed by atoms with Crippen molar-refractivity contribution in [2.45, 2.75) is 31.2 Å². The first-order valence-corrected chi connectivity index (χ1v) is 11.2. The first-order valence-electron chi connectivity index (χ1n) is 8.86. The van der Waals surface area contributed by atoms with Gasteiger partial charge in [-0.25, -0.2) is 13.1 Å². The lowest BCUT2D eigenvalue weighted by Gasteiger charge is -2.12. The third-order valence-electron chi connectivity index (χ3n) is 3.99. The number of carbonyl (C=O) groups excluding carboxylic acids is 1. The minimum absolute atomic E-state index is 0.107. The maximum atomic E-state index is 12.4. The number of carbonyl (C=O) groups is 1. The molecule has 3 aromatic rings. The van der Waals surface area contributed by atoms with Gasteiger partial charge in [0, 0.05) is 11.6 Å². The molecule has 1 atom stereocenters. The minimum atomic E-state index is -3.61. The molecular formula is C19H20N4O4S2. The van der Waals surface area contributed by atoms with E-state index in [0.717, 1.165) is 0 Å². The molecule has 3 rings (SSSR count). The SMILES string of the molecule is CCC(C)NS(=O)(=O)c1ccc(C(=O)Nc2nnc(/C=C/c3ccco3)s2)cc1. The van der Waals surface area contributed by atoms with E-state index in [1.807, 2.05) is 13.0 Å². The second-order valence-electron chi connectivity index (χ2n) is 6.20. The summed E-state index contributed by atoms with van der Waals surface area (Å²) in [5.74, 6) is 0.283. The smallest absolute Gasteiger partial charge is 0.257 e. The molecule has 0 aliphatic heterocycles. The third kappa shape index (κ3) is 5.59. The topological polar surface area (TPSA) is 114 Å². The number of sulfonamides is 1. The summed E-state index contributed by atoms with van der Waals surface area (Å²) >= 11 is 1.21. The molecule has 152 valence electrons. The molecule has 10 heteroatoms. The molecule has 2 N–H and O–H groups in total. The summed E-state index contributed by atoms with van der Waals surface area (Å²) in [6, 6.07) is 9.13. The van der Waals surface area contributed by atoms with Crippen LogP contribution in [0.4, 0.5) is 5.13 Å². The van der Waals surface area contributed by atoms with E-state index in [-0.39, 0.29) is 10.9 Å². The van der Waals surface area contributed by atoms with E-state index >= 15 is 0 Å². The molecule has 1 aromatic carbocycles. The summed E-state index contributed by atoms with van der Waals surface area (Å²) < 4.78 is 32.3. The number of anilines is 1. The standard InChI is InChI=1S/C19H20N4O4S2/c1-3-13(2)23-29(25,26)16-9-6-14(7-10-16)18(24)20-19-22-21-17(28-19)11-8-15-5-4-12-27-15/h4-13,23H,3H2,1-2H3,(H,20,22,24)/b11-8+. The Hall–Kier alpha value is -2.82. The van der Waals surface area contributed by atoms with Crippen molar-refractivity contribution in [2.75, 3.05) is 5.32 Å². The number of furan rings is 1.